The summed E-state index contributed by atoms with van der Waals surface area (Å²) in [5.74, 6) is -1.58. The van der Waals surface area contributed by atoms with E-state index in [4.69, 9.17) is 5.11 Å². The van der Waals surface area contributed by atoms with Crippen molar-refractivity contribution in [2.75, 3.05) is 5.32 Å². The molecular formula is C16H13NO3. The molecule has 0 heterocycles. The van der Waals surface area contributed by atoms with Crippen LogP contribution in [0.25, 0.3) is 10.8 Å². The minimum atomic E-state index is -1.14. The molecule has 2 aromatic carbocycles. The van der Waals surface area contributed by atoms with Crippen molar-refractivity contribution in [3.8, 4) is 0 Å². The number of nitrogens with one attached hydrogen (secondary N) is 1. The van der Waals surface area contributed by atoms with Gasteiger partial charge in [0.05, 0.1) is 0 Å². The van der Waals surface area contributed by atoms with E-state index >= 15 is 0 Å². The maximum Gasteiger partial charge on any atom is 0.328 e. The summed E-state index contributed by atoms with van der Waals surface area (Å²) in [6.07, 6.45) is 3.91. The maximum atomic E-state index is 11.7. The molecule has 0 atom stereocenters. The average molecular weight is 267 g/mol. The Morgan fingerprint density at radius 3 is 2.55 bits per heavy atom. The van der Waals surface area contributed by atoms with Crippen LogP contribution in [0.4, 0.5) is 5.69 Å². The normalized spacial score (nSPS) is 13.0. The van der Waals surface area contributed by atoms with Gasteiger partial charge in [-0.2, -0.15) is 0 Å². The van der Waals surface area contributed by atoms with Crippen molar-refractivity contribution in [1.82, 2.24) is 0 Å². The summed E-state index contributed by atoms with van der Waals surface area (Å²) < 4.78 is 0. The van der Waals surface area contributed by atoms with Crippen LogP contribution in [-0.4, -0.2) is 17.0 Å². The molecule has 0 aromatic heterocycles. The van der Waals surface area contributed by atoms with Crippen LogP contribution in [0.3, 0.4) is 0 Å². The van der Waals surface area contributed by atoms with Crippen LogP contribution in [-0.2, 0) is 22.4 Å². The highest BCUT2D eigenvalue weighted by Crippen LogP contribution is 2.34. The molecule has 4 nitrogen and oxygen atoms in total. The molecule has 0 unspecified atom stereocenters. The number of rotatable bonds is 3. The third kappa shape index (κ3) is 2.16. The van der Waals surface area contributed by atoms with E-state index in [9.17, 15) is 9.59 Å². The first-order valence-corrected chi connectivity index (χ1v) is 6.40. The zero-order valence-corrected chi connectivity index (χ0v) is 10.7. The first-order chi connectivity index (χ1) is 9.65. The molecule has 0 saturated heterocycles. The molecule has 0 fully saturated rings. The molecule has 0 aliphatic heterocycles. The molecule has 3 rings (SSSR count). The van der Waals surface area contributed by atoms with Crippen LogP contribution in [0.15, 0.2) is 42.5 Å². The van der Waals surface area contributed by atoms with Gasteiger partial charge in [0.2, 0.25) is 5.91 Å². The molecule has 20 heavy (non-hydrogen) atoms. The van der Waals surface area contributed by atoms with Gasteiger partial charge in [-0.3, -0.25) is 4.79 Å². The second-order valence-electron chi connectivity index (χ2n) is 4.77. The summed E-state index contributed by atoms with van der Waals surface area (Å²) >= 11 is 0. The third-order valence-electron chi connectivity index (χ3n) is 3.51. The number of carboxylic acid groups (broad SMARTS) is 1. The van der Waals surface area contributed by atoms with Crippen molar-refractivity contribution in [2.24, 2.45) is 0 Å². The molecule has 4 heteroatoms. The Morgan fingerprint density at radius 1 is 1.05 bits per heavy atom. The standard InChI is InChI=1S/C16H13NO3/c18-14(8-9-15(19)20)17-13-7-6-11-5-4-10-2-1-3-12(13)16(10)11/h1-3,6-9H,4-5H2,(H,17,18)(H,19,20)/b9-8-. The molecule has 100 valence electrons. The van der Waals surface area contributed by atoms with Crippen LogP contribution in [0.2, 0.25) is 0 Å². The molecule has 2 aromatic rings. The quantitative estimate of drug-likeness (QED) is 0.840. The number of anilines is 1. The SMILES string of the molecule is O=C(O)/C=C\C(=O)Nc1ccc2c3c(cccc13)CC2. The lowest BCUT2D eigenvalue weighted by Crippen LogP contribution is -2.09. The number of aryl methyl sites for hydroxylation is 2. The molecule has 0 spiro atoms. The maximum absolute atomic E-state index is 11.7. The van der Waals surface area contributed by atoms with Gasteiger partial charge >= 0.3 is 5.97 Å². The largest absolute Gasteiger partial charge is 0.478 e. The fourth-order valence-electron chi connectivity index (χ4n) is 2.68. The number of carboxylic acids is 1. The van der Waals surface area contributed by atoms with Gasteiger partial charge < -0.3 is 10.4 Å². The summed E-state index contributed by atoms with van der Waals surface area (Å²) in [6, 6.07) is 9.96. The van der Waals surface area contributed by atoms with Crippen LogP contribution in [0.1, 0.15) is 11.1 Å². The Bertz CT molecular complexity index is 736. The van der Waals surface area contributed by atoms with Crippen molar-refractivity contribution < 1.29 is 14.7 Å². The van der Waals surface area contributed by atoms with Crippen molar-refractivity contribution >= 4 is 28.3 Å². The first kappa shape index (κ1) is 12.4. The van der Waals surface area contributed by atoms with E-state index in [1.165, 1.54) is 16.5 Å². The van der Waals surface area contributed by atoms with Crippen molar-refractivity contribution in [2.45, 2.75) is 12.8 Å². The predicted octanol–water partition coefficient (Wildman–Crippen LogP) is 2.52. The van der Waals surface area contributed by atoms with Crippen LogP contribution < -0.4 is 5.32 Å². The molecule has 0 bridgehead atoms. The predicted molar refractivity (Wildman–Crippen MR) is 76.8 cm³/mol. The van der Waals surface area contributed by atoms with Gasteiger partial charge in [-0.1, -0.05) is 24.3 Å². The summed E-state index contributed by atoms with van der Waals surface area (Å²) in [5.41, 5.74) is 3.32. The number of hydrogen-bond acceptors (Lipinski definition) is 2. The highest BCUT2D eigenvalue weighted by Gasteiger charge is 2.16. The molecule has 0 radical (unpaired) electrons. The third-order valence-corrected chi connectivity index (χ3v) is 3.51. The molecule has 1 aliphatic rings. The number of benzene rings is 2. The second-order valence-corrected chi connectivity index (χ2v) is 4.77. The van der Waals surface area contributed by atoms with Gasteiger partial charge in [-0.15, -0.1) is 0 Å². The topological polar surface area (TPSA) is 66.4 Å². The minimum Gasteiger partial charge on any atom is -0.478 e. The van der Waals surface area contributed by atoms with E-state index < -0.39 is 11.9 Å². The summed E-state index contributed by atoms with van der Waals surface area (Å²) in [4.78, 5) is 22.1. The smallest absolute Gasteiger partial charge is 0.328 e. The molecule has 0 saturated carbocycles. The van der Waals surface area contributed by atoms with Crippen LogP contribution in [0.5, 0.6) is 0 Å². The van der Waals surface area contributed by atoms with Gasteiger partial charge in [-0.05, 0) is 35.4 Å². The first-order valence-electron chi connectivity index (χ1n) is 6.40. The monoisotopic (exact) mass is 267 g/mol. The Hall–Kier alpha value is -2.62. The number of hydrogen-bond donors (Lipinski definition) is 2. The highest BCUT2D eigenvalue weighted by molar-refractivity contribution is 6.09. The minimum absolute atomic E-state index is 0.439. The summed E-state index contributed by atoms with van der Waals surface area (Å²) in [5, 5.41) is 13.5. The van der Waals surface area contributed by atoms with E-state index in [1.807, 2.05) is 24.3 Å². The lowest BCUT2D eigenvalue weighted by atomic mass is 10.0. The molecule has 1 amide bonds. The highest BCUT2D eigenvalue weighted by atomic mass is 16.4. The van der Waals surface area contributed by atoms with Crippen molar-refractivity contribution in [3.05, 3.63) is 53.6 Å². The van der Waals surface area contributed by atoms with Crippen molar-refractivity contribution in [1.29, 1.82) is 0 Å². The number of carbonyl (C=O) groups excluding carboxylic acids is 1. The van der Waals surface area contributed by atoms with Crippen LogP contribution in [0, 0.1) is 0 Å². The average Bonchev–Trinajstić information content (AvgIpc) is 2.85. The fourth-order valence-corrected chi connectivity index (χ4v) is 2.68. The Balaban J connectivity index is 1.98. The van der Waals surface area contributed by atoms with Gasteiger partial charge in [0.25, 0.3) is 0 Å². The second kappa shape index (κ2) is 4.81. The molecule has 1 aliphatic carbocycles. The summed E-state index contributed by atoms with van der Waals surface area (Å²) in [7, 11) is 0. The zero-order chi connectivity index (χ0) is 14.1. The van der Waals surface area contributed by atoms with Gasteiger partial charge in [0, 0.05) is 23.2 Å². The van der Waals surface area contributed by atoms with Gasteiger partial charge in [0.1, 0.15) is 0 Å². The lowest BCUT2D eigenvalue weighted by molar-refractivity contribution is -0.131. The Morgan fingerprint density at radius 2 is 1.80 bits per heavy atom. The van der Waals surface area contributed by atoms with E-state index in [0.29, 0.717) is 5.69 Å². The Kier molecular flexibility index (Phi) is 2.99. The van der Waals surface area contributed by atoms with E-state index in [0.717, 1.165) is 30.4 Å². The lowest BCUT2D eigenvalue weighted by Gasteiger charge is -2.09. The summed E-state index contributed by atoms with van der Waals surface area (Å²) in [6.45, 7) is 0. The molecular weight excluding hydrogens is 254 g/mol. The van der Waals surface area contributed by atoms with Crippen molar-refractivity contribution in [3.63, 3.8) is 0 Å². The number of amides is 1. The van der Waals surface area contributed by atoms with Gasteiger partial charge in [-0.25, -0.2) is 4.79 Å². The Labute approximate surface area is 115 Å². The molecule has 2 N–H and O–H groups in total. The van der Waals surface area contributed by atoms with E-state index in [2.05, 4.69) is 11.4 Å². The number of aliphatic carboxylic acids is 1. The zero-order valence-electron chi connectivity index (χ0n) is 10.7. The van der Waals surface area contributed by atoms with Crippen LogP contribution >= 0.6 is 0 Å². The fraction of sp³-hybridized carbons (Fsp3) is 0.125. The number of carbonyl (C=O) groups is 2. The van der Waals surface area contributed by atoms with E-state index in [-0.39, 0.29) is 0 Å². The van der Waals surface area contributed by atoms with E-state index in [1.54, 1.807) is 0 Å². The van der Waals surface area contributed by atoms with Gasteiger partial charge in [0.15, 0.2) is 0 Å².